The predicted molar refractivity (Wildman–Crippen MR) is 77.3 cm³/mol. The summed E-state index contributed by atoms with van der Waals surface area (Å²) in [6.45, 7) is 12.0. The summed E-state index contributed by atoms with van der Waals surface area (Å²) >= 11 is 0. The van der Waals surface area contributed by atoms with Crippen LogP contribution in [-0.2, 0) is 9.53 Å². The van der Waals surface area contributed by atoms with Gasteiger partial charge in [0, 0.05) is 6.08 Å². The molecule has 1 atom stereocenters. The van der Waals surface area contributed by atoms with Crippen LogP contribution in [0.1, 0.15) is 48.0 Å². The number of carbonyl (C=O) groups is 1. The van der Waals surface area contributed by atoms with E-state index in [4.69, 9.17) is 4.74 Å². The topological polar surface area (TPSA) is 26.3 Å². The molecule has 0 radical (unpaired) electrons. The van der Waals surface area contributed by atoms with Crippen LogP contribution >= 0.6 is 0 Å². The van der Waals surface area contributed by atoms with Crippen LogP contribution in [0, 0.1) is 5.92 Å². The number of hydrogen-bond acceptors (Lipinski definition) is 2. The summed E-state index contributed by atoms with van der Waals surface area (Å²) < 4.78 is 5.05. The Hall–Kier alpha value is -1.31. The summed E-state index contributed by atoms with van der Waals surface area (Å²) in [5.41, 5.74) is 2.26. The molecule has 18 heavy (non-hydrogen) atoms. The van der Waals surface area contributed by atoms with E-state index < -0.39 is 0 Å². The van der Waals surface area contributed by atoms with Gasteiger partial charge in [-0.1, -0.05) is 30.7 Å². The lowest BCUT2D eigenvalue weighted by molar-refractivity contribution is -0.141. The Morgan fingerprint density at radius 3 is 2.28 bits per heavy atom. The van der Waals surface area contributed by atoms with Gasteiger partial charge in [-0.15, -0.1) is 0 Å². The third-order valence-electron chi connectivity index (χ3n) is 2.28. The molecule has 102 valence electrons. The van der Waals surface area contributed by atoms with E-state index >= 15 is 0 Å². The van der Waals surface area contributed by atoms with Crippen LogP contribution in [0.4, 0.5) is 0 Å². The van der Waals surface area contributed by atoms with Crippen LogP contribution in [-0.4, -0.2) is 12.1 Å². The first-order valence-electron chi connectivity index (χ1n) is 6.51. The van der Waals surface area contributed by atoms with Gasteiger partial charge in [-0.05, 0) is 52.5 Å². The molecule has 0 saturated heterocycles. The number of carbonyl (C=O) groups excluding carboxylic acids is 1. The van der Waals surface area contributed by atoms with E-state index in [-0.39, 0.29) is 12.1 Å². The van der Waals surface area contributed by atoms with Crippen LogP contribution in [0.2, 0.25) is 0 Å². The van der Waals surface area contributed by atoms with Gasteiger partial charge in [0.15, 0.2) is 0 Å². The van der Waals surface area contributed by atoms with Gasteiger partial charge in [-0.3, -0.25) is 0 Å². The maximum atomic E-state index is 11.4. The van der Waals surface area contributed by atoms with E-state index in [1.54, 1.807) is 0 Å². The van der Waals surface area contributed by atoms with Crippen LogP contribution in [0.3, 0.4) is 0 Å². The first kappa shape index (κ1) is 16.7. The second-order valence-corrected chi connectivity index (χ2v) is 5.23. The first-order valence-corrected chi connectivity index (χ1v) is 6.51. The predicted octanol–water partition coefficient (Wildman–Crippen LogP) is 4.43. The molecule has 0 amide bonds. The molecule has 0 rings (SSSR count). The average molecular weight is 250 g/mol. The Kier molecular flexibility index (Phi) is 8.10. The lowest BCUT2D eigenvalue weighted by Crippen LogP contribution is -2.08. The Bertz CT molecular complexity index is 342. The SMILES string of the molecule is CC(C)=CCC(C)/C=C/C(C)=C/C(=O)OC(C)C. The lowest BCUT2D eigenvalue weighted by Gasteiger charge is -2.05. The van der Waals surface area contributed by atoms with Crippen molar-refractivity contribution in [2.75, 3.05) is 0 Å². The van der Waals surface area contributed by atoms with Gasteiger partial charge in [-0.2, -0.15) is 0 Å². The van der Waals surface area contributed by atoms with E-state index in [2.05, 4.69) is 32.9 Å². The smallest absolute Gasteiger partial charge is 0.331 e. The molecule has 0 N–H and O–H groups in total. The van der Waals surface area contributed by atoms with Gasteiger partial charge in [0.05, 0.1) is 6.10 Å². The molecule has 0 fully saturated rings. The fourth-order valence-corrected chi connectivity index (χ4v) is 1.32. The molecule has 0 saturated carbocycles. The molecule has 0 aromatic carbocycles. The Morgan fingerprint density at radius 2 is 1.78 bits per heavy atom. The Morgan fingerprint density at radius 1 is 1.17 bits per heavy atom. The first-order chi connectivity index (χ1) is 8.31. The van der Waals surface area contributed by atoms with Crippen molar-refractivity contribution < 1.29 is 9.53 Å². The van der Waals surface area contributed by atoms with E-state index in [0.29, 0.717) is 5.92 Å². The summed E-state index contributed by atoms with van der Waals surface area (Å²) in [5.74, 6) is 0.202. The highest BCUT2D eigenvalue weighted by Gasteiger charge is 2.01. The minimum Gasteiger partial charge on any atom is -0.460 e. The fraction of sp³-hybridized carbons (Fsp3) is 0.562. The molecule has 0 bridgehead atoms. The van der Waals surface area contributed by atoms with Crippen molar-refractivity contribution in [2.24, 2.45) is 5.92 Å². The maximum Gasteiger partial charge on any atom is 0.331 e. The second-order valence-electron chi connectivity index (χ2n) is 5.23. The van der Waals surface area contributed by atoms with Gasteiger partial charge in [0.25, 0.3) is 0 Å². The van der Waals surface area contributed by atoms with E-state index in [1.165, 1.54) is 11.6 Å². The monoisotopic (exact) mass is 250 g/mol. The highest BCUT2D eigenvalue weighted by molar-refractivity contribution is 5.83. The molecule has 0 aliphatic heterocycles. The van der Waals surface area contributed by atoms with Gasteiger partial charge in [-0.25, -0.2) is 4.79 Å². The number of esters is 1. The minimum absolute atomic E-state index is 0.0675. The molecular formula is C16H26O2. The standard InChI is InChI=1S/C16H26O2/c1-12(2)7-8-14(5)9-10-15(6)11-16(17)18-13(3)4/h7,9-11,13-14H,8H2,1-6H3/b10-9+,15-11+. The molecule has 2 heteroatoms. The molecule has 0 aromatic heterocycles. The van der Waals surface area contributed by atoms with E-state index in [1.807, 2.05) is 26.8 Å². The zero-order chi connectivity index (χ0) is 14.1. The molecule has 0 spiro atoms. The van der Waals surface area contributed by atoms with Gasteiger partial charge in [0.2, 0.25) is 0 Å². The maximum absolute atomic E-state index is 11.4. The van der Waals surface area contributed by atoms with Crippen LogP contribution in [0.25, 0.3) is 0 Å². The summed E-state index contributed by atoms with van der Waals surface area (Å²) in [4.78, 5) is 11.4. The van der Waals surface area contributed by atoms with Crippen LogP contribution in [0.15, 0.2) is 35.5 Å². The van der Waals surface area contributed by atoms with Crippen molar-refractivity contribution in [3.63, 3.8) is 0 Å². The molecular weight excluding hydrogens is 224 g/mol. The number of allylic oxidation sites excluding steroid dienone is 5. The van der Waals surface area contributed by atoms with Crippen molar-refractivity contribution in [3.8, 4) is 0 Å². The number of ether oxygens (including phenoxy) is 1. The average Bonchev–Trinajstić information content (AvgIpc) is 2.22. The van der Waals surface area contributed by atoms with Gasteiger partial charge >= 0.3 is 5.97 Å². The zero-order valence-corrected chi connectivity index (χ0v) is 12.5. The Balaban J connectivity index is 4.28. The van der Waals surface area contributed by atoms with E-state index in [9.17, 15) is 4.79 Å². The third-order valence-corrected chi connectivity index (χ3v) is 2.28. The van der Waals surface area contributed by atoms with Crippen molar-refractivity contribution in [3.05, 3.63) is 35.5 Å². The van der Waals surface area contributed by atoms with Crippen molar-refractivity contribution in [2.45, 2.75) is 54.1 Å². The van der Waals surface area contributed by atoms with E-state index in [0.717, 1.165) is 12.0 Å². The summed E-state index contributed by atoms with van der Waals surface area (Å²) in [6.07, 6.45) is 8.81. The number of rotatable bonds is 6. The molecule has 0 aliphatic rings. The van der Waals surface area contributed by atoms with Crippen LogP contribution in [0.5, 0.6) is 0 Å². The molecule has 0 heterocycles. The normalized spacial score (nSPS) is 13.8. The Labute approximate surface area is 111 Å². The summed E-state index contributed by atoms with van der Waals surface area (Å²) in [6, 6.07) is 0. The van der Waals surface area contributed by atoms with Crippen molar-refractivity contribution in [1.29, 1.82) is 0 Å². The highest BCUT2D eigenvalue weighted by Crippen LogP contribution is 2.09. The largest absolute Gasteiger partial charge is 0.460 e. The second kappa shape index (κ2) is 8.73. The fourth-order valence-electron chi connectivity index (χ4n) is 1.32. The molecule has 2 nitrogen and oxygen atoms in total. The highest BCUT2D eigenvalue weighted by atomic mass is 16.5. The van der Waals surface area contributed by atoms with Crippen LogP contribution < -0.4 is 0 Å². The lowest BCUT2D eigenvalue weighted by atomic mass is 10.0. The summed E-state index contributed by atoms with van der Waals surface area (Å²) in [5, 5.41) is 0. The number of hydrogen-bond donors (Lipinski definition) is 0. The molecule has 0 aromatic rings. The quantitative estimate of drug-likeness (QED) is 0.301. The minimum atomic E-state index is -0.274. The van der Waals surface area contributed by atoms with Gasteiger partial charge < -0.3 is 4.74 Å². The molecule has 0 aliphatic carbocycles. The van der Waals surface area contributed by atoms with Crippen molar-refractivity contribution >= 4 is 5.97 Å². The van der Waals surface area contributed by atoms with Crippen molar-refractivity contribution in [1.82, 2.24) is 0 Å². The zero-order valence-electron chi connectivity index (χ0n) is 12.5. The summed E-state index contributed by atoms with van der Waals surface area (Å²) in [7, 11) is 0. The third kappa shape index (κ3) is 9.88. The molecule has 1 unspecified atom stereocenters. The van der Waals surface area contributed by atoms with Gasteiger partial charge in [0.1, 0.15) is 0 Å².